The van der Waals surface area contributed by atoms with E-state index in [0.29, 0.717) is 23.7 Å². The second-order valence-corrected chi connectivity index (χ2v) is 7.15. The Morgan fingerprint density at radius 1 is 1.11 bits per heavy atom. The molecule has 0 fully saturated rings. The molecule has 0 N–H and O–H groups in total. The predicted molar refractivity (Wildman–Crippen MR) is 122 cm³/mol. The Bertz CT molecular complexity index is 1120. The van der Waals surface area contributed by atoms with Gasteiger partial charge in [0.05, 0.1) is 21.8 Å². The molecule has 3 nitrogen and oxygen atoms in total. The van der Waals surface area contributed by atoms with Gasteiger partial charge in [-0.2, -0.15) is 5.26 Å². The Kier molecular flexibility index (Phi) is 6.57. The predicted octanol–water partition coefficient (Wildman–Crippen LogP) is 5.92. The van der Waals surface area contributed by atoms with Gasteiger partial charge in [0, 0.05) is 0 Å². The fourth-order valence-electron chi connectivity index (χ4n) is 2.89. The van der Waals surface area contributed by atoms with Crippen LogP contribution in [0.3, 0.4) is 0 Å². The van der Waals surface area contributed by atoms with Crippen LogP contribution in [-0.2, 0) is 0 Å². The number of nitrogens with zero attached hydrogens (tertiary/aromatic N) is 1. The van der Waals surface area contributed by atoms with Crippen LogP contribution in [0.15, 0.2) is 54.6 Å². The van der Waals surface area contributed by atoms with Crippen molar-refractivity contribution in [1.29, 1.82) is 5.26 Å². The molecule has 28 heavy (non-hydrogen) atoms. The zero-order valence-electron chi connectivity index (χ0n) is 15.4. The van der Waals surface area contributed by atoms with E-state index in [1.165, 1.54) is 0 Å². The van der Waals surface area contributed by atoms with E-state index < -0.39 is 0 Å². The summed E-state index contributed by atoms with van der Waals surface area (Å²) in [6, 6.07) is 20.3. The van der Waals surface area contributed by atoms with Crippen molar-refractivity contribution in [2.75, 3.05) is 13.2 Å². The molecular formula is C24H18INO2. The molecule has 3 rings (SSSR count). The highest BCUT2D eigenvalue weighted by Crippen LogP contribution is 2.35. The molecule has 0 unspecified atom stereocenters. The fourth-order valence-corrected chi connectivity index (χ4v) is 3.67. The molecule has 3 aromatic carbocycles. The van der Waals surface area contributed by atoms with E-state index >= 15 is 0 Å². The lowest BCUT2D eigenvalue weighted by Crippen LogP contribution is -2.01. The maximum absolute atomic E-state index is 9.73. The molecule has 0 saturated carbocycles. The number of halogens is 1. The van der Waals surface area contributed by atoms with Gasteiger partial charge in [-0.3, -0.25) is 0 Å². The standard InChI is InChI=1S/C24H18INO2/c1-3-11-28-24-22(25)13-17(14-23(24)27-4-2)12-21(16-26)20-10-9-18-7-5-6-8-19(18)15-20/h1,5-10,12-15H,4,11H2,2H3/b21-12-. The van der Waals surface area contributed by atoms with Gasteiger partial charge in [-0.15, -0.1) is 6.42 Å². The third-order valence-electron chi connectivity index (χ3n) is 4.12. The van der Waals surface area contributed by atoms with Gasteiger partial charge < -0.3 is 9.47 Å². The van der Waals surface area contributed by atoms with Crippen molar-refractivity contribution in [3.05, 3.63) is 69.3 Å². The van der Waals surface area contributed by atoms with E-state index in [9.17, 15) is 5.26 Å². The first kappa shape index (κ1) is 19.8. The smallest absolute Gasteiger partial charge is 0.175 e. The molecule has 0 aromatic heterocycles. The van der Waals surface area contributed by atoms with Crippen molar-refractivity contribution in [2.24, 2.45) is 0 Å². The minimum absolute atomic E-state index is 0.172. The highest BCUT2D eigenvalue weighted by molar-refractivity contribution is 14.1. The molecule has 0 radical (unpaired) electrons. The number of nitriles is 1. The first-order valence-electron chi connectivity index (χ1n) is 8.79. The van der Waals surface area contributed by atoms with Crippen molar-refractivity contribution in [2.45, 2.75) is 6.92 Å². The van der Waals surface area contributed by atoms with E-state index in [1.807, 2.05) is 61.5 Å². The molecular weight excluding hydrogens is 461 g/mol. The minimum Gasteiger partial charge on any atom is -0.490 e. The van der Waals surface area contributed by atoms with Crippen molar-refractivity contribution < 1.29 is 9.47 Å². The van der Waals surface area contributed by atoms with Crippen LogP contribution in [0.2, 0.25) is 0 Å². The van der Waals surface area contributed by atoms with Gasteiger partial charge in [0.2, 0.25) is 0 Å². The van der Waals surface area contributed by atoms with Crippen LogP contribution in [0.25, 0.3) is 22.4 Å². The highest BCUT2D eigenvalue weighted by Gasteiger charge is 2.12. The average Bonchev–Trinajstić information content (AvgIpc) is 2.71. The third kappa shape index (κ3) is 4.47. The Morgan fingerprint density at radius 2 is 1.89 bits per heavy atom. The molecule has 0 spiro atoms. The summed E-state index contributed by atoms with van der Waals surface area (Å²) in [5, 5.41) is 12.0. The van der Waals surface area contributed by atoms with Gasteiger partial charge in [0.25, 0.3) is 0 Å². The van der Waals surface area contributed by atoms with Crippen molar-refractivity contribution in [3.63, 3.8) is 0 Å². The molecule has 138 valence electrons. The zero-order chi connectivity index (χ0) is 19.9. The Balaban J connectivity index is 2.04. The van der Waals surface area contributed by atoms with E-state index in [1.54, 1.807) is 0 Å². The first-order chi connectivity index (χ1) is 13.7. The molecule has 0 bridgehead atoms. The van der Waals surface area contributed by atoms with E-state index in [4.69, 9.17) is 15.9 Å². The lowest BCUT2D eigenvalue weighted by atomic mass is 10.00. The maximum atomic E-state index is 9.73. The van der Waals surface area contributed by atoms with E-state index in [-0.39, 0.29) is 6.61 Å². The molecule has 0 amide bonds. The topological polar surface area (TPSA) is 42.2 Å². The highest BCUT2D eigenvalue weighted by atomic mass is 127. The Morgan fingerprint density at radius 3 is 2.61 bits per heavy atom. The molecule has 0 aliphatic carbocycles. The normalized spacial score (nSPS) is 10.9. The summed E-state index contributed by atoms with van der Waals surface area (Å²) in [6.45, 7) is 2.59. The summed E-state index contributed by atoms with van der Waals surface area (Å²) < 4.78 is 12.2. The molecule has 0 atom stereocenters. The van der Waals surface area contributed by atoms with Crippen LogP contribution < -0.4 is 9.47 Å². The summed E-state index contributed by atoms with van der Waals surface area (Å²) in [4.78, 5) is 0. The lowest BCUT2D eigenvalue weighted by Gasteiger charge is -2.13. The molecule has 0 heterocycles. The van der Waals surface area contributed by atoms with E-state index in [0.717, 1.165) is 25.5 Å². The quantitative estimate of drug-likeness (QED) is 0.191. The molecule has 0 aliphatic rings. The number of ether oxygens (including phenoxy) is 2. The van der Waals surface area contributed by atoms with Crippen LogP contribution in [0.4, 0.5) is 0 Å². The third-order valence-corrected chi connectivity index (χ3v) is 4.92. The van der Waals surface area contributed by atoms with Crippen LogP contribution in [0.1, 0.15) is 18.1 Å². The number of rotatable bonds is 6. The second kappa shape index (κ2) is 9.30. The monoisotopic (exact) mass is 479 g/mol. The number of hydrogen-bond donors (Lipinski definition) is 0. The SMILES string of the molecule is C#CCOc1c(I)cc(/C=C(/C#N)c2ccc3ccccc3c2)cc1OCC. The molecule has 0 aliphatic heterocycles. The average molecular weight is 479 g/mol. The second-order valence-electron chi connectivity index (χ2n) is 5.99. The number of terminal acetylenes is 1. The van der Waals surface area contributed by atoms with Gasteiger partial charge in [-0.25, -0.2) is 0 Å². The van der Waals surface area contributed by atoms with Crippen molar-refractivity contribution in [3.8, 4) is 29.9 Å². The van der Waals surface area contributed by atoms with E-state index in [2.05, 4.69) is 40.6 Å². The zero-order valence-corrected chi connectivity index (χ0v) is 17.6. The summed E-state index contributed by atoms with van der Waals surface area (Å²) in [5.41, 5.74) is 2.33. The maximum Gasteiger partial charge on any atom is 0.175 e. The summed E-state index contributed by atoms with van der Waals surface area (Å²) >= 11 is 2.19. The summed E-state index contributed by atoms with van der Waals surface area (Å²) in [5.74, 6) is 3.71. The van der Waals surface area contributed by atoms with Gasteiger partial charge >= 0.3 is 0 Å². The van der Waals surface area contributed by atoms with Crippen LogP contribution in [0.5, 0.6) is 11.5 Å². The number of hydrogen-bond acceptors (Lipinski definition) is 3. The van der Waals surface area contributed by atoms with Gasteiger partial charge in [0.15, 0.2) is 11.5 Å². The van der Waals surface area contributed by atoms with Crippen LogP contribution >= 0.6 is 22.6 Å². The Hall–Kier alpha value is -2.96. The number of benzene rings is 3. The number of fused-ring (bicyclic) bond motifs is 1. The Labute approximate surface area is 178 Å². The molecule has 0 saturated heterocycles. The van der Waals surface area contributed by atoms with Gasteiger partial charge in [-0.1, -0.05) is 42.3 Å². The van der Waals surface area contributed by atoms with Crippen LogP contribution in [0, 0.1) is 27.2 Å². The van der Waals surface area contributed by atoms with Gasteiger partial charge in [0.1, 0.15) is 6.61 Å². The fraction of sp³-hybridized carbons (Fsp3) is 0.125. The summed E-state index contributed by atoms with van der Waals surface area (Å²) in [7, 11) is 0. The first-order valence-corrected chi connectivity index (χ1v) is 9.87. The number of allylic oxidation sites excluding steroid dienone is 1. The lowest BCUT2D eigenvalue weighted by molar-refractivity contribution is 0.297. The largest absolute Gasteiger partial charge is 0.490 e. The minimum atomic E-state index is 0.172. The molecule has 4 heteroatoms. The summed E-state index contributed by atoms with van der Waals surface area (Å²) in [6.07, 6.45) is 7.17. The molecule has 3 aromatic rings. The van der Waals surface area contributed by atoms with Crippen LogP contribution in [-0.4, -0.2) is 13.2 Å². The van der Waals surface area contributed by atoms with Crippen molar-refractivity contribution >= 4 is 45.0 Å². The van der Waals surface area contributed by atoms with Gasteiger partial charge in [-0.05, 0) is 75.7 Å². The van der Waals surface area contributed by atoms with Crippen molar-refractivity contribution in [1.82, 2.24) is 0 Å².